The number of hydrogen-bond donors (Lipinski definition) is 3. The zero-order valence-corrected chi connectivity index (χ0v) is 17.2. The molecule has 32 heavy (non-hydrogen) atoms. The van der Waals surface area contributed by atoms with Crippen LogP contribution in [0.2, 0.25) is 0 Å². The summed E-state index contributed by atoms with van der Waals surface area (Å²) in [7, 11) is 0. The van der Waals surface area contributed by atoms with E-state index < -0.39 is 12.0 Å². The topological polar surface area (TPSA) is 161 Å². The largest absolute Gasteiger partial charge is 0.471 e. The Kier molecular flexibility index (Phi) is 6.25. The van der Waals surface area contributed by atoms with Crippen LogP contribution in [0, 0.1) is 11.3 Å². The Morgan fingerprint density at radius 2 is 2.31 bits per heavy atom. The molecule has 1 aliphatic heterocycles. The van der Waals surface area contributed by atoms with E-state index in [1.54, 1.807) is 43.6 Å². The highest BCUT2D eigenvalue weighted by atomic mass is 16.7. The average Bonchev–Trinajstić information content (AvgIpc) is 3.51. The first-order valence-corrected chi connectivity index (χ1v) is 9.92. The van der Waals surface area contributed by atoms with E-state index in [1.165, 1.54) is 0 Å². The summed E-state index contributed by atoms with van der Waals surface area (Å²) in [6, 6.07) is 8.83. The molecule has 1 fully saturated rings. The summed E-state index contributed by atoms with van der Waals surface area (Å²) in [4.78, 5) is 27.0. The second-order valence-electron chi connectivity index (χ2n) is 7.13. The lowest BCUT2D eigenvalue weighted by Gasteiger charge is -2.17. The van der Waals surface area contributed by atoms with Crippen molar-refractivity contribution >= 4 is 11.7 Å². The maximum Gasteiger partial charge on any atom is 0.284 e. The summed E-state index contributed by atoms with van der Waals surface area (Å²) in [5.74, 6) is -0.479. The van der Waals surface area contributed by atoms with Crippen LogP contribution in [0.4, 0.5) is 5.82 Å². The Balaban J connectivity index is 1.63. The van der Waals surface area contributed by atoms with Gasteiger partial charge in [-0.2, -0.15) is 15.3 Å². The van der Waals surface area contributed by atoms with E-state index in [-0.39, 0.29) is 29.2 Å². The minimum atomic E-state index is -0.649. The molecule has 0 spiro atoms. The van der Waals surface area contributed by atoms with E-state index >= 15 is 0 Å². The number of hydroxylamine groups is 1. The number of amides is 1. The van der Waals surface area contributed by atoms with Gasteiger partial charge in [-0.15, -0.1) is 0 Å². The maximum absolute atomic E-state index is 12.9. The molecule has 0 radical (unpaired) electrons. The fraction of sp³-hybridized carbons (Fsp3) is 0.286. The number of carbonyl (C=O) groups excluding carboxylic acids is 1. The maximum atomic E-state index is 12.9. The average molecular weight is 435 g/mol. The summed E-state index contributed by atoms with van der Waals surface area (Å²) in [6.07, 6.45) is 3.17. The van der Waals surface area contributed by atoms with E-state index in [4.69, 9.17) is 20.0 Å². The number of carbonyl (C=O) groups is 1. The third-order valence-corrected chi connectivity index (χ3v) is 4.86. The van der Waals surface area contributed by atoms with Gasteiger partial charge in [0, 0.05) is 23.7 Å². The molecular formula is C21H21N7O4. The van der Waals surface area contributed by atoms with E-state index in [2.05, 4.69) is 31.7 Å². The number of benzene rings is 1. The number of nitriles is 1. The summed E-state index contributed by atoms with van der Waals surface area (Å²) in [6.45, 7) is 2.68. The predicted octanol–water partition coefficient (Wildman–Crippen LogP) is 1.91. The molecular weight excluding hydrogens is 414 g/mol. The molecule has 2 aromatic heterocycles. The van der Waals surface area contributed by atoms with Crippen LogP contribution in [-0.2, 0) is 9.57 Å². The summed E-state index contributed by atoms with van der Waals surface area (Å²) < 4.78 is 11.3. The third-order valence-electron chi connectivity index (χ3n) is 4.86. The SMILES string of the molecule is C[C@@H](ONC(=O)c1c(N)nc(-c2cccc(C#N)c2)nc1O[C@H]1CCOC1)c1cn[nH]c1. The summed E-state index contributed by atoms with van der Waals surface area (Å²) >= 11 is 0. The molecule has 3 aromatic rings. The Labute approximate surface area is 183 Å². The van der Waals surface area contributed by atoms with Crippen molar-refractivity contribution in [2.75, 3.05) is 18.9 Å². The Bertz CT molecular complexity index is 1140. The van der Waals surface area contributed by atoms with Crippen molar-refractivity contribution in [1.29, 1.82) is 5.26 Å². The van der Waals surface area contributed by atoms with Crippen LogP contribution < -0.4 is 16.0 Å². The fourth-order valence-corrected chi connectivity index (χ4v) is 3.12. The quantitative estimate of drug-likeness (QED) is 0.471. The highest BCUT2D eigenvalue weighted by Gasteiger charge is 2.26. The Hall–Kier alpha value is -4.01. The van der Waals surface area contributed by atoms with Gasteiger partial charge in [0.2, 0.25) is 5.88 Å². The van der Waals surface area contributed by atoms with Gasteiger partial charge < -0.3 is 15.2 Å². The molecule has 11 nitrogen and oxygen atoms in total. The van der Waals surface area contributed by atoms with E-state index in [1.807, 2.05) is 0 Å². The molecule has 1 aromatic carbocycles. The molecule has 2 atom stereocenters. The minimum absolute atomic E-state index is 0.0161. The lowest BCUT2D eigenvalue weighted by Crippen LogP contribution is -2.28. The van der Waals surface area contributed by atoms with E-state index in [9.17, 15) is 10.1 Å². The van der Waals surface area contributed by atoms with Crippen molar-refractivity contribution in [3.8, 4) is 23.3 Å². The first kappa shape index (κ1) is 21.2. The van der Waals surface area contributed by atoms with Gasteiger partial charge in [-0.05, 0) is 19.1 Å². The number of anilines is 1. The van der Waals surface area contributed by atoms with Crippen molar-refractivity contribution in [3.05, 3.63) is 53.3 Å². The minimum Gasteiger partial charge on any atom is -0.471 e. The van der Waals surface area contributed by atoms with Crippen LogP contribution in [-0.4, -0.2) is 45.4 Å². The Morgan fingerprint density at radius 3 is 3.03 bits per heavy atom. The van der Waals surface area contributed by atoms with E-state index in [0.717, 1.165) is 5.56 Å². The van der Waals surface area contributed by atoms with Crippen molar-refractivity contribution in [1.82, 2.24) is 25.6 Å². The number of rotatable bonds is 7. The van der Waals surface area contributed by atoms with Crippen LogP contribution in [0.1, 0.15) is 40.9 Å². The van der Waals surface area contributed by atoms with Gasteiger partial charge in [0.05, 0.1) is 31.0 Å². The van der Waals surface area contributed by atoms with Crippen molar-refractivity contribution in [2.45, 2.75) is 25.6 Å². The summed E-state index contributed by atoms with van der Waals surface area (Å²) in [5.41, 5.74) is 10.2. The van der Waals surface area contributed by atoms with Gasteiger partial charge in [-0.25, -0.2) is 10.5 Å². The first-order valence-electron chi connectivity index (χ1n) is 9.92. The number of aromatic amines is 1. The van der Waals surface area contributed by atoms with Gasteiger partial charge in [0.25, 0.3) is 5.91 Å². The number of hydrogen-bond acceptors (Lipinski definition) is 9. The molecule has 3 heterocycles. The molecule has 0 unspecified atom stereocenters. The monoisotopic (exact) mass is 435 g/mol. The number of nitrogen functional groups attached to an aromatic ring is 1. The second-order valence-corrected chi connectivity index (χ2v) is 7.13. The van der Waals surface area contributed by atoms with E-state index in [0.29, 0.717) is 30.8 Å². The van der Waals surface area contributed by atoms with Gasteiger partial charge >= 0.3 is 0 Å². The van der Waals surface area contributed by atoms with Crippen LogP contribution in [0.25, 0.3) is 11.4 Å². The number of ether oxygens (including phenoxy) is 2. The van der Waals surface area contributed by atoms with Gasteiger partial charge in [-0.1, -0.05) is 12.1 Å². The Morgan fingerprint density at radius 1 is 1.44 bits per heavy atom. The number of H-pyrrole nitrogens is 1. The van der Waals surface area contributed by atoms with Crippen LogP contribution in [0.15, 0.2) is 36.7 Å². The standard InChI is InChI=1S/C21H21N7O4/c1-12(15-9-24-25-10-15)32-28-20(29)17-18(23)26-19(14-4-2-3-13(7-14)8-22)27-21(17)31-16-5-6-30-11-16/h2-4,7,9-10,12,16H,5-6,11H2,1H3,(H,24,25)(H,28,29)(H2,23,26,27)/t12-,16+/m1/s1. The van der Waals surface area contributed by atoms with Crippen molar-refractivity contribution < 1.29 is 19.1 Å². The zero-order valence-electron chi connectivity index (χ0n) is 17.2. The van der Waals surface area contributed by atoms with Crippen LogP contribution >= 0.6 is 0 Å². The third kappa shape index (κ3) is 4.66. The highest BCUT2D eigenvalue weighted by Crippen LogP contribution is 2.28. The van der Waals surface area contributed by atoms with Crippen LogP contribution in [0.3, 0.4) is 0 Å². The molecule has 1 aliphatic rings. The van der Waals surface area contributed by atoms with Gasteiger partial charge in [0.1, 0.15) is 23.6 Å². The highest BCUT2D eigenvalue weighted by molar-refractivity contribution is 6.00. The van der Waals surface area contributed by atoms with Crippen LogP contribution in [0.5, 0.6) is 5.88 Å². The zero-order chi connectivity index (χ0) is 22.5. The molecule has 11 heteroatoms. The van der Waals surface area contributed by atoms with Gasteiger partial charge in [0.15, 0.2) is 5.82 Å². The fourth-order valence-electron chi connectivity index (χ4n) is 3.12. The normalized spacial score (nSPS) is 16.3. The number of nitrogens with one attached hydrogen (secondary N) is 2. The number of nitrogens with two attached hydrogens (primary N) is 1. The predicted molar refractivity (Wildman–Crippen MR) is 112 cm³/mol. The first-order chi connectivity index (χ1) is 15.5. The smallest absolute Gasteiger partial charge is 0.284 e. The molecule has 1 saturated heterocycles. The lowest BCUT2D eigenvalue weighted by molar-refractivity contribution is -0.00917. The van der Waals surface area contributed by atoms with Crippen molar-refractivity contribution in [2.24, 2.45) is 0 Å². The molecule has 0 saturated carbocycles. The molecule has 0 aliphatic carbocycles. The second kappa shape index (κ2) is 9.42. The molecule has 4 N–H and O–H groups in total. The number of aromatic nitrogens is 4. The summed E-state index contributed by atoms with van der Waals surface area (Å²) in [5, 5.41) is 15.7. The molecule has 0 bridgehead atoms. The molecule has 164 valence electrons. The molecule has 4 rings (SSSR count). The lowest BCUT2D eigenvalue weighted by atomic mass is 10.1. The van der Waals surface area contributed by atoms with Gasteiger partial charge in [-0.3, -0.25) is 14.7 Å². The molecule has 1 amide bonds. The number of nitrogens with zero attached hydrogens (tertiary/aromatic N) is 4. The van der Waals surface area contributed by atoms with Crippen molar-refractivity contribution in [3.63, 3.8) is 0 Å².